The van der Waals surface area contributed by atoms with Gasteiger partial charge in [-0.05, 0) is 47.2 Å². The largest absolute Gasteiger partial charge is 0.495 e. The van der Waals surface area contributed by atoms with Crippen LogP contribution in [0.25, 0.3) is 0 Å². The van der Waals surface area contributed by atoms with Crippen LogP contribution < -0.4 is 15.0 Å². The van der Waals surface area contributed by atoms with Gasteiger partial charge in [-0.2, -0.15) is 0 Å². The van der Waals surface area contributed by atoms with Gasteiger partial charge in [-0.3, -0.25) is 0 Å². The molecule has 1 N–H and O–H groups in total. The molecule has 162 valence electrons. The van der Waals surface area contributed by atoms with Crippen LogP contribution in [0.2, 0.25) is 5.02 Å². The van der Waals surface area contributed by atoms with Crippen molar-refractivity contribution in [1.82, 2.24) is 5.32 Å². The Labute approximate surface area is 191 Å². The molecule has 3 aromatic carbocycles. The Balaban J connectivity index is 1.66. The smallest absolute Gasteiger partial charge is 0.139 e. The fraction of sp³-hybridized carbons (Fsp3) is 0.333. The molecule has 1 saturated heterocycles. The van der Waals surface area contributed by atoms with E-state index >= 15 is 0 Å². The minimum absolute atomic E-state index is 0.485. The summed E-state index contributed by atoms with van der Waals surface area (Å²) in [6.07, 6.45) is 0. The van der Waals surface area contributed by atoms with Crippen molar-refractivity contribution < 1.29 is 4.74 Å². The first-order valence-corrected chi connectivity index (χ1v) is 11.4. The number of hydrogen-bond donors (Lipinski definition) is 1. The summed E-state index contributed by atoms with van der Waals surface area (Å²) in [5.41, 5.74) is 5.11. The third-order valence-electron chi connectivity index (χ3n) is 6.28. The van der Waals surface area contributed by atoms with E-state index in [4.69, 9.17) is 16.3 Å². The van der Waals surface area contributed by atoms with E-state index in [9.17, 15) is 0 Å². The second-order valence-electron chi connectivity index (χ2n) is 8.61. The van der Waals surface area contributed by atoms with E-state index in [-0.39, 0.29) is 0 Å². The molecule has 2 unspecified atom stereocenters. The average molecular weight is 435 g/mol. The van der Waals surface area contributed by atoms with Crippen molar-refractivity contribution in [3.05, 3.63) is 88.9 Å². The van der Waals surface area contributed by atoms with Gasteiger partial charge in [0.1, 0.15) is 5.75 Å². The van der Waals surface area contributed by atoms with Crippen molar-refractivity contribution in [2.45, 2.75) is 25.7 Å². The minimum Gasteiger partial charge on any atom is -0.495 e. The van der Waals surface area contributed by atoms with Gasteiger partial charge in [0.15, 0.2) is 0 Å². The van der Waals surface area contributed by atoms with Gasteiger partial charge in [0.05, 0.1) is 12.1 Å². The molecule has 0 saturated carbocycles. The third-order valence-corrected chi connectivity index (χ3v) is 6.59. The first kappa shape index (κ1) is 21.7. The molecular formula is C27H31ClN2O. The second kappa shape index (κ2) is 9.76. The lowest BCUT2D eigenvalue weighted by atomic mass is 9.86. The molecule has 2 atom stereocenters. The third kappa shape index (κ3) is 4.89. The first-order chi connectivity index (χ1) is 15.1. The maximum atomic E-state index is 6.31. The van der Waals surface area contributed by atoms with E-state index in [1.165, 1.54) is 16.8 Å². The Hall–Kier alpha value is -2.49. The molecule has 0 spiro atoms. The van der Waals surface area contributed by atoms with E-state index in [2.05, 4.69) is 84.7 Å². The lowest BCUT2D eigenvalue weighted by Gasteiger charge is -2.31. The number of nitrogens with zero attached hydrogens (tertiary/aromatic N) is 1. The molecule has 1 heterocycles. The summed E-state index contributed by atoms with van der Waals surface area (Å²) in [7, 11) is 1.66. The molecular weight excluding hydrogens is 404 g/mol. The quantitative estimate of drug-likeness (QED) is 0.452. The van der Waals surface area contributed by atoms with Gasteiger partial charge in [0.25, 0.3) is 0 Å². The zero-order valence-corrected chi connectivity index (χ0v) is 19.3. The van der Waals surface area contributed by atoms with Crippen molar-refractivity contribution in [1.29, 1.82) is 0 Å². The molecule has 4 heteroatoms. The van der Waals surface area contributed by atoms with Crippen LogP contribution in [-0.4, -0.2) is 26.7 Å². The number of ether oxygens (including phenoxy) is 1. The highest BCUT2D eigenvalue weighted by Crippen LogP contribution is 2.37. The number of nitrogens with one attached hydrogen (secondary N) is 1. The Morgan fingerprint density at radius 3 is 2.52 bits per heavy atom. The zero-order valence-electron chi connectivity index (χ0n) is 18.5. The van der Waals surface area contributed by atoms with Crippen LogP contribution in [-0.2, 0) is 0 Å². The first-order valence-electron chi connectivity index (χ1n) is 11.0. The van der Waals surface area contributed by atoms with E-state index in [1.54, 1.807) is 7.11 Å². The molecule has 0 amide bonds. The van der Waals surface area contributed by atoms with Gasteiger partial charge < -0.3 is 15.0 Å². The Morgan fingerprint density at radius 2 is 1.77 bits per heavy atom. The van der Waals surface area contributed by atoms with Crippen LogP contribution in [0, 0.1) is 5.92 Å². The SMILES string of the molecule is COc1cc(N(CC2CNCC2c2cccc(C(C)C)c2)c2ccccc2)ccc1Cl. The lowest BCUT2D eigenvalue weighted by molar-refractivity contribution is 0.415. The summed E-state index contributed by atoms with van der Waals surface area (Å²) >= 11 is 6.31. The molecule has 3 aromatic rings. The standard InChI is InChI=1S/C27H31ClN2O/c1-19(2)20-8-7-9-21(14-20)25-17-29-16-22(25)18-30(23-10-5-4-6-11-23)24-12-13-26(28)27(15-24)31-3/h4-15,19,22,25,29H,16-18H2,1-3H3. The highest BCUT2D eigenvalue weighted by Gasteiger charge is 2.31. The van der Waals surface area contributed by atoms with Crippen molar-refractivity contribution >= 4 is 23.0 Å². The van der Waals surface area contributed by atoms with Crippen LogP contribution >= 0.6 is 11.6 Å². The topological polar surface area (TPSA) is 24.5 Å². The highest BCUT2D eigenvalue weighted by atomic mass is 35.5. The second-order valence-corrected chi connectivity index (χ2v) is 9.02. The van der Waals surface area contributed by atoms with Gasteiger partial charge in [0.2, 0.25) is 0 Å². The summed E-state index contributed by atoms with van der Waals surface area (Å²) < 4.78 is 5.50. The number of para-hydroxylation sites is 1. The summed E-state index contributed by atoms with van der Waals surface area (Å²) in [5, 5.41) is 4.27. The maximum Gasteiger partial charge on any atom is 0.139 e. The van der Waals surface area contributed by atoms with Gasteiger partial charge in [-0.15, -0.1) is 0 Å². The molecule has 0 bridgehead atoms. The maximum absolute atomic E-state index is 6.31. The minimum atomic E-state index is 0.485. The number of benzene rings is 3. The van der Waals surface area contributed by atoms with Crippen LogP contribution in [0.1, 0.15) is 36.8 Å². The zero-order chi connectivity index (χ0) is 21.8. The monoisotopic (exact) mass is 434 g/mol. The predicted molar refractivity (Wildman–Crippen MR) is 131 cm³/mol. The van der Waals surface area contributed by atoms with E-state index < -0.39 is 0 Å². The summed E-state index contributed by atoms with van der Waals surface area (Å²) in [4.78, 5) is 2.38. The van der Waals surface area contributed by atoms with Gasteiger partial charge >= 0.3 is 0 Å². The average Bonchev–Trinajstić information content (AvgIpc) is 3.27. The molecule has 1 aliphatic heterocycles. The number of anilines is 2. The molecule has 4 rings (SSSR count). The van der Waals surface area contributed by atoms with Crippen LogP contribution in [0.5, 0.6) is 5.75 Å². The van der Waals surface area contributed by atoms with E-state index in [0.717, 1.165) is 25.3 Å². The number of rotatable bonds is 7. The number of methoxy groups -OCH3 is 1. The van der Waals surface area contributed by atoms with E-state index in [0.29, 0.717) is 28.5 Å². The Morgan fingerprint density at radius 1 is 0.968 bits per heavy atom. The predicted octanol–water partition coefficient (Wildman–Crippen LogP) is 6.61. The summed E-state index contributed by atoms with van der Waals surface area (Å²) in [6.45, 7) is 7.45. The van der Waals surface area contributed by atoms with Crippen molar-refractivity contribution in [2.24, 2.45) is 5.92 Å². The Bertz CT molecular complexity index is 1010. The molecule has 1 fully saturated rings. The molecule has 1 aliphatic rings. The molecule has 0 radical (unpaired) electrons. The fourth-order valence-electron chi connectivity index (χ4n) is 4.48. The van der Waals surface area contributed by atoms with Gasteiger partial charge in [-0.25, -0.2) is 0 Å². The van der Waals surface area contributed by atoms with Crippen molar-refractivity contribution in [3.63, 3.8) is 0 Å². The molecule has 0 aromatic heterocycles. The summed E-state index contributed by atoms with van der Waals surface area (Å²) in [5.74, 6) is 2.21. The van der Waals surface area contributed by atoms with Crippen molar-refractivity contribution in [3.8, 4) is 5.75 Å². The van der Waals surface area contributed by atoms with Gasteiger partial charge in [0, 0.05) is 43.0 Å². The summed E-state index contributed by atoms with van der Waals surface area (Å²) in [6, 6.07) is 25.7. The lowest BCUT2D eigenvalue weighted by Crippen LogP contribution is -2.29. The van der Waals surface area contributed by atoms with E-state index in [1.807, 2.05) is 12.1 Å². The highest BCUT2D eigenvalue weighted by molar-refractivity contribution is 6.32. The molecule has 31 heavy (non-hydrogen) atoms. The molecule has 0 aliphatic carbocycles. The van der Waals surface area contributed by atoms with Crippen LogP contribution in [0.3, 0.4) is 0 Å². The number of hydrogen-bond acceptors (Lipinski definition) is 3. The normalized spacial score (nSPS) is 18.4. The van der Waals surface area contributed by atoms with Crippen LogP contribution in [0.15, 0.2) is 72.8 Å². The van der Waals surface area contributed by atoms with Gasteiger partial charge in [-0.1, -0.05) is 67.9 Å². The van der Waals surface area contributed by atoms with Crippen LogP contribution in [0.4, 0.5) is 11.4 Å². The number of halogens is 1. The fourth-order valence-corrected chi connectivity index (χ4v) is 4.68. The molecule has 3 nitrogen and oxygen atoms in total. The Kier molecular flexibility index (Phi) is 6.84. The van der Waals surface area contributed by atoms with Crippen molar-refractivity contribution in [2.75, 3.05) is 31.6 Å².